The third kappa shape index (κ3) is 3.88. The predicted molar refractivity (Wildman–Crippen MR) is 92.6 cm³/mol. The maximum Gasteiger partial charge on any atom is 0.338 e. The summed E-state index contributed by atoms with van der Waals surface area (Å²) in [5, 5.41) is 9.20. The van der Waals surface area contributed by atoms with Crippen LogP contribution >= 0.6 is 0 Å². The Labute approximate surface area is 149 Å². The summed E-state index contributed by atoms with van der Waals surface area (Å²) >= 11 is 0. The lowest BCUT2D eigenvalue weighted by molar-refractivity contribution is -0.123. The smallest absolute Gasteiger partial charge is 0.338 e. The maximum atomic E-state index is 12.2. The summed E-state index contributed by atoms with van der Waals surface area (Å²) in [6.07, 6.45) is 3.02. The van der Waals surface area contributed by atoms with E-state index < -0.39 is 12.0 Å². The van der Waals surface area contributed by atoms with Gasteiger partial charge in [0.05, 0.1) is 18.6 Å². The Morgan fingerprint density at radius 3 is 2.81 bits per heavy atom. The fraction of sp³-hybridized carbons (Fsp3) is 0.353. The van der Waals surface area contributed by atoms with Crippen molar-refractivity contribution in [1.82, 2.24) is 14.8 Å². The fourth-order valence-corrected chi connectivity index (χ4v) is 2.52. The van der Waals surface area contributed by atoms with Crippen molar-refractivity contribution in [3.8, 4) is 0 Å². The van der Waals surface area contributed by atoms with E-state index in [1.807, 2.05) is 6.92 Å². The van der Waals surface area contributed by atoms with Gasteiger partial charge in [-0.2, -0.15) is 10.1 Å². The van der Waals surface area contributed by atoms with E-state index in [0.29, 0.717) is 23.8 Å². The Kier molecular flexibility index (Phi) is 5.26. The Bertz CT molecular complexity index is 815. The Morgan fingerprint density at radius 1 is 1.31 bits per heavy atom. The minimum absolute atomic E-state index is 0.0665. The fourth-order valence-electron chi connectivity index (χ4n) is 2.52. The highest BCUT2D eigenvalue weighted by Gasteiger charge is 2.33. The molecule has 0 saturated carbocycles. The molecule has 9 nitrogen and oxygen atoms in total. The maximum absolute atomic E-state index is 12.2. The van der Waals surface area contributed by atoms with E-state index in [-0.39, 0.29) is 18.2 Å². The summed E-state index contributed by atoms with van der Waals surface area (Å²) in [7, 11) is 0. The number of nitrogens with one attached hydrogen (secondary N) is 2. The van der Waals surface area contributed by atoms with Crippen molar-refractivity contribution in [3.05, 3.63) is 36.2 Å². The molecule has 26 heavy (non-hydrogen) atoms. The van der Waals surface area contributed by atoms with Crippen LogP contribution in [-0.4, -0.2) is 39.2 Å². The number of fused-ring (bicyclic) bond motifs is 1. The van der Waals surface area contributed by atoms with Gasteiger partial charge >= 0.3 is 5.97 Å². The normalized spacial score (nSPS) is 15.3. The van der Waals surface area contributed by atoms with Gasteiger partial charge in [-0.1, -0.05) is 13.3 Å². The van der Waals surface area contributed by atoms with Gasteiger partial charge in [0.2, 0.25) is 11.9 Å². The number of carbonyl (C=O) groups excluding carboxylic acids is 3. The van der Waals surface area contributed by atoms with Gasteiger partial charge in [0, 0.05) is 5.69 Å². The van der Waals surface area contributed by atoms with Crippen molar-refractivity contribution in [3.63, 3.8) is 0 Å². The summed E-state index contributed by atoms with van der Waals surface area (Å²) in [4.78, 5) is 39.8. The lowest BCUT2D eigenvalue weighted by atomic mass is 10.1. The van der Waals surface area contributed by atoms with Crippen molar-refractivity contribution in [2.24, 2.45) is 0 Å². The number of benzene rings is 1. The number of carbonyl (C=O) groups is 3. The van der Waals surface area contributed by atoms with Gasteiger partial charge in [0.1, 0.15) is 12.4 Å². The van der Waals surface area contributed by atoms with Crippen LogP contribution in [0.25, 0.3) is 0 Å². The van der Waals surface area contributed by atoms with Crippen LogP contribution in [0.15, 0.2) is 30.6 Å². The van der Waals surface area contributed by atoms with Crippen LogP contribution in [-0.2, 0) is 14.3 Å². The first kappa shape index (κ1) is 17.6. The number of nitrogens with zero attached hydrogens (tertiary/aromatic N) is 3. The lowest BCUT2D eigenvalue weighted by Gasteiger charge is -2.10. The predicted octanol–water partition coefficient (Wildman–Crippen LogP) is 1.76. The molecule has 1 atom stereocenters. The topological polar surface area (TPSA) is 115 Å². The zero-order valence-electron chi connectivity index (χ0n) is 14.3. The Hall–Kier alpha value is -3.23. The number of hydrogen-bond donors (Lipinski definition) is 2. The molecule has 0 radical (unpaired) electrons. The summed E-state index contributed by atoms with van der Waals surface area (Å²) < 4.78 is 6.52. The number of hydrogen-bond acceptors (Lipinski definition) is 6. The quantitative estimate of drug-likeness (QED) is 0.576. The lowest BCUT2D eigenvalue weighted by Crippen LogP contribution is -2.23. The van der Waals surface area contributed by atoms with Crippen LogP contribution in [0.4, 0.5) is 11.6 Å². The molecule has 0 fully saturated rings. The minimum Gasteiger partial charge on any atom is -0.462 e. The van der Waals surface area contributed by atoms with Crippen LogP contribution in [0.5, 0.6) is 0 Å². The molecule has 2 heterocycles. The minimum atomic E-state index is -0.722. The first-order valence-corrected chi connectivity index (χ1v) is 8.36. The molecule has 0 spiro atoms. The molecule has 2 aromatic rings. The molecule has 1 aromatic heterocycles. The molecule has 2 amide bonds. The standard InChI is InChI=1S/C17H19N5O4/c1-2-3-8-26-16(25)11-4-6-12(7-5-11)20-14(23)9-13-15(24)21-17-18-10-19-22(13)17/h4-7,10,13H,2-3,8-9H2,1H3,(H,20,23)(H,18,19,21,24)/t13-/m1/s1. The highest BCUT2D eigenvalue weighted by Crippen LogP contribution is 2.24. The van der Waals surface area contributed by atoms with E-state index in [9.17, 15) is 14.4 Å². The van der Waals surface area contributed by atoms with Crippen LogP contribution in [0, 0.1) is 0 Å². The molecule has 9 heteroatoms. The average Bonchev–Trinajstić information content (AvgIpc) is 3.18. The Morgan fingerprint density at radius 2 is 2.08 bits per heavy atom. The van der Waals surface area contributed by atoms with Gasteiger partial charge < -0.3 is 10.1 Å². The summed E-state index contributed by atoms with van der Waals surface area (Å²) in [6, 6.07) is 5.68. The molecule has 1 aliphatic heterocycles. The third-order valence-electron chi connectivity index (χ3n) is 3.92. The summed E-state index contributed by atoms with van der Waals surface area (Å²) in [6.45, 7) is 2.41. The number of anilines is 2. The molecule has 0 aliphatic carbocycles. The molecule has 1 aliphatic rings. The van der Waals surface area contributed by atoms with Crippen molar-refractivity contribution < 1.29 is 19.1 Å². The summed E-state index contributed by atoms with van der Waals surface area (Å²) in [5.74, 6) is -0.718. The first-order valence-electron chi connectivity index (χ1n) is 8.36. The van der Waals surface area contributed by atoms with Gasteiger partial charge in [-0.15, -0.1) is 0 Å². The zero-order chi connectivity index (χ0) is 18.5. The SMILES string of the molecule is CCCCOC(=O)c1ccc(NC(=O)C[C@@H]2C(=O)Nc3ncnn32)cc1. The van der Waals surface area contributed by atoms with Crippen LogP contribution in [0.3, 0.4) is 0 Å². The molecule has 1 aromatic carbocycles. The number of ether oxygens (including phenoxy) is 1. The van der Waals surface area contributed by atoms with Gasteiger partial charge in [-0.25, -0.2) is 9.48 Å². The second kappa shape index (κ2) is 7.77. The monoisotopic (exact) mass is 357 g/mol. The van der Waals surface area contributed by atoms with E-state index in [1.54, 1.807) is 24.3 Å². The van der Waals surface area contributed by atoms with Crippen LogP contribution in [0.2, 0.25) is 0 Å². The summed E-state index contributed by atoms with van der Waals surface area (Å²) in [5.41, 5.74) is 0.943. The van der Waals surface area contributed by atoms with Gasteiger partial charge in [-0.05, 0) is 30.7 Å². The highest BCUT2D eigenvalue weighted by molar-refractivity contribution is 6.01. The molecule has 0 saturated heterocycles. The number of aromatic nitrogens is 3. The largest absolute Gasteiger partial charge is 0.462 e. The van der Waals surface area contributed by atoms with E-state index in [1.165, 1.54) is 11.0 Å². The van der Waals surface area contributed by atoms with Crippen molar-refractivity contribution >= 4 is 29.4 Å². The average molecular weight is 357 g/mol. The third-order valence-corrected chi connectivity index (χ3v) is 3.92. The number of esters is 1. The molecule has 2 N–H and O–H groups in total. The van der Waals surface area contributed by atoms with Crippen LogP contribution in [0.1, 0.15) is 42.6 Å². The van der Waals surface area contributed by atoms with E-state index >= 15 is 0 Å². The number of amides is 2. The molecule has 0 unspecified atom stereocenters. The van der Waals surface area contributed by atoms with E-state index in [0.717, 1.165) is 12.8 Å². The molecule has 3 rings (SSSR count). The van der Waals surface area contributed by atoms with Gasteiger partial charge in [0.25, 0.3) is 5.91 Å². The molecular weight excluding hydrogens is 338 g/mol. The first-order chi connectivity index (χ1) is 12.6. The Balaban J connectivity index is 1.55. The molecule has 136 valence electrons. The van der Waals surface area contributed by atoms with Gasteiger partial charge in [0.15, 0.2) is 0 Å². The molecule has 0 bridgehead atoms. The second-order valence-electron chi connectivity index (χ2n) is 5.85. The highest BCUT2D eigenvalue weighted by atomic mass is 16.5. The van der Waals surface area contributed by atoms with Crippen molar-refractivity contribution in [2.75, 3.05) is 17.2 Å². The number of unbranched alkanes of at least 4 members (excludes halogenated alkanes) is 1. The number of rotatable bonds is 7. The zero-order valence-corrected chi connectivity index (χ0v) is 14.3. The van der Waals surface area contributed by atoms with Crippen LogP contribution < -0.4 is 10.6 Å². The van der Waals surface area contributed by atoms with E-state index in [4.69, 9.17) is 4.74 Å². The van der Waals surface area contributed by atoms with Gasteiger partial charge in [-0.3, -0.25) is 14.9 Å². The van der Waals surface area contributed by atoms with Crippen molar-refractivity contribution in [2.45, 2.75) is 32.2 Å². The van der Waals surface area contributed by atoms with Crippen molar-refractivity contribution in [1.29, 1.82) is 0 Å². The second-order valence-corrected chi connectivity index (χ2v) is 5.85. The van der Waals surface area contributed by atoms with E-state index in [2.05, 4.69) is 20.7 Å². The molecular formula is C17H19N5O4.